The predicted octanol–water partition coefficient (Wildman–Crippen LogP) is 0.289. The van der Waals surface area contributed by atoms with Gasteiger partial charge in [-0.1, -0.05) is 12.1 Å². The first-order valence-corrected chi connectivity index (χ1v) is 6.73. The van der Waals surface area contributed by atoms with Crippen LogP contribution < -0.4 is 11.1 Å². The normalized spacial score (nSPS) is 21.4. The third-order valence-electron chi connectivity index (χ3n) is 3.58. The standard InChI is InChI=1S/C14H21N3O3/c1-10(17-6-7-20-9-11(17)8-18)14(19)16-13-5-3-2-4-12(13)15/h2-5,10-11,18H,6-9,15H2,1H3,(H,16,19). The van der Waals surface area contributed by atoms with Gasteiger partial charge in [0.15, 0.2) is 0 Å². The van der Waals surface area contributed by atoms with Gasteiger partial charge in [-0.3, -0.25) is 9.69 Å². The van der Waals surface area contributed by atoms with E-state index in [1.54, 1.807) is 12.1 Å². The summed E-state index contributed by atoms with van der Waals surface area (Å²) in [5.74, 6) is -0.136. The zero-order chi connectivity index (χ0) is 14.5. The molecule has 1 fully saturated rings. The monoisotopic (exact) mass is 279 g/mol. The molecule has 2 unspecified atom stereocenters. The first-order chi connectivity index (χ1) is 9.63. The highest BCUT2D eigenvalue weighted by Crippen LogP contribution is 2.18. The number of hydrogen-bond acceptors (Lipinski definition) is 5. The summed E-state index contributed by atoms with van der Waals surface area (Å²) in [6, 6.07) is 6.65. The summed E-state index contributed by atoms with van der Waals surface area (Å²) in [6.07, 6.45) is 0. The van der Waals surface area contributed by atoms with Crippen LogP contribution in [0.3, 0.4) is 0 Å². The zero-order valence-electron chi connectivity index (χ0n) is 11.6. The molecule has 0 radical (unpaired) electrons. The number of benzene rings is 1. The van der Waals surface area contributed by atoms with E-state index in [9.17, 15) is 9.90 Å². The highest BCUT2D eigenvalue weighted by Gasteiger charge is 2.30. The molecule has 20 heavy (non-hydrogen) atoms. The molecule has 1 aromatic rings. The van der Waals surface area contributed by atoms with Crippen LogP contribution in [0, 0.1) is 0 Å². The third kappa shape index (κ3) is 3.27. The van der Waals surface area contributed by atoms with E-state index in [1.165, 1.54) is 0 Å². The van der Waals surface area contributed by atoms with Gasteiger partial charge >= 0.3 is 0 Å². The van der Waals surface area contributed by atoms with E-state index in [-0.39, 0.29) is 24.6 Å². The van der Waals surface area contributed by atoms with Crippen LogP contribution in [0.2, 0.25) is 0 Å². The number of carbonyl (C=O) groups is 1. The summed E-state index contributed by atoms with van der Waals surface area (Å²) in [6.45, 7) is 3.45. The van der Waals surface area contributed by atoms with Gasteiger partial charge in [-0.2, -0.15) is 0 Å². The second-order valence-electron chi connectivity index (χ2n) is 4.90. The average Bonchev–Trinajstić information content (AvgIpc) is 2.48. The van der Waals surface area contributed by atoms with Crippen LogP contribution in [0.4, 0.5) is 11.4 Å². The lowest BCUT2D eigenvalue weighted by Crippen LogP contribution is -2.55. The molecule has 0 aromatic heterocycles. The summed E-state index contributed by atoms with van der Waals surface area (Å²) in [4.78, 5) is 14.3. The largest absolute Gasteiger partial charge is 0.397 e. The molecule has 1 saturated heterocycles. The number of rotatable bonds is 4. The van der Waals surface area contributed by atoms with Gasteiger partial charge in [0.2, 0.25) is 5.91 Å². The smallest absolute Gasteiger partial charge is 0.241 e. The van der Waals surface area contributed by atoms with E-state index >= 15 is 0 Å². The minimum absolute atomic E-state index is 0.0227. The van der Waals surface area contributed by atoms with Crippen molar-refractivity contribution in [2.75, 3.05) is 37.4 Å². The minimum Gasteiger partial charge on any atom is -0.397 e. The summed E-state index contributed by atoms with van der Waals surface area (Å²) in [5, 5.41) is 12.2. The Kier molecular flexibility index (Phi) is 4.94. The number of para-hydroxylation sites is 2. The fourth-order valence-corrected chi connectivity index (χ4v) is 2.33. The number of amides is 1. The summed E-state index contributed by atoms with van der Waals surface area (Å²) >= 11 is 0. The average molecular weight is 279 g/mol. The molecule has 2 atom stereocenters. The Morgan fingerprint density at radius 3 is 3.05 bits per heavy atom. The van der Waals surface area contributed by atoms with Crippen LogP contribution >= 0.6 is 0 Å². The van der Waals surface area contributed by atoms with Crippen LogP contribution in [0.25, 0.3) is 0 Å². The van der Waals surface area contributed by atoms with Crippen LogP contribution in [0.15, 0.2) is 24.3 Å². The molecule has 0 aliphatic carbocycles. The molecule has 1 heterocycles. The lowest BCUT2D eigenvalue weighted by molar-refractivity contribution is -0.125. The SMILES string of the molecule is CC(C(=O)Nc1ccccc1N)N1CCOCC1CO. The van der Waals surface area contributed by atoms with E-state index in [2.05, 4.69) is 5.32 Å². The van der Waals surface area contributed by atoms with E-state index in [0.29, 0.717) is 31.1 Å². The highest BCUT2D eigenvalue weighted by molar-refractivity contribution is 5.97. The number of nitrogens with two attached hydrogens (primary N) is 1. The van der Waals surface area contributed by atoms with Gasteiger partial charge in [-0.25, -0.2) is 0 Å². The summed E-state index contributed by atoms with van der Waals surface area (Å²) < 4.78 is 5.32. The van der Waals surface area contributed by atoms with Gasteiger partial charge in [-0.05, 0) is 19.1 Å². The fourth-order valence-electron chi connectivity index (χ4n) is 2.33. The van der Waals surface area contributed by atoms with E-state index < -0.39 is 0 Å². The maximum atomic E-state index is 12.3. The number of anilines is 2. The van der Waals surface area contributed by atoms with Crippen molar-refractivity contribution < 1.29 is 14.6 Å². The van der Waals surface area contributed by atoms with Gasteiger partial charge in [0, 0.05) is 6.54 Å². The topological polar surface area (TPSA) is 87.8 Å². The van der Waals surface area contributed by atoms with Crippen molar-refractivity contribution in [2.45, 2.75) is 19.0 Å². The van der Waals surface area contributed by atoms with Crippen LogP contribution in [-0.2, 0) is 9.53 Å². The number of nitrogens with one attached hydrogen (secondary N) is 1. The first-order valence-electron chi connectivity index (χ1n) is 6.73. The molecule has 110 valence electrons. The Morgan fingerprint density at radius 1 is 1.60 bits per heavy atom. The quantitative estimate of drug-likeness (QED) is 0.689. The number of aliphatic hydroxyl groups is 1. The van der Waals surface area contributed by atoms with Crippen molar-refractivity contribution in [3.05, 3.63) is 24.3 Å². The van der Waals surface area contributed by atoms with Crippen molar-refractivity contribution in [3.63, 3.8) is 0 Å². The minimum atomic E-state index is -0.351. The van der Waals surface area contributed by atoms with Crippen LogP contribution in [0.1, 0.15) is 6.92 Å². The van der Waals surface area contributed by atoms with Crippen molar-refractivity contribution in [3.8, 4) is 0 Å². The van der Waals surface area contributed by atoms with Crippen LogP contribution in [-0.4, -0.2) is 54.4 Å². The molecule has 2 rings (SSSR count). The van der Waals surface area contributed by atoms with Gasteiger partial charge in [0.25, 0.3) is 0 Å². The molecular weight excluding hydrogens is 258 g/mol. The number of morpholine rings is 1. The number of hydrogen-bond donors (Lipinski definition) is 3. The van der Waals surface area contributed by atoms with Crippen molar-refractivity contribution in [1.29, 1.82) is 0 Å². The molecule has 6 heteroatoms. The second kappa shape index (κ2) is 6.69. The molecule has 0 spiro atoms. The van der Waals surface area contributed by atoms with Gasteiger partial charge < -0.3 is 20.9 Å². The molecule has 1 aliphatic heterocycles. The number of aliphatic hydroxyl groups excluding tert-OH is 1. The molecule has 6 nitrogen and oxygen atoms in total. The van der Waals surface area contributed by atoms with E-state index in [0.717, 1.165) is 0 Å². The molecular formula is C14H21N3O3. The van der Waals surface area contributed by atoms with Crippen molar-refractivity contribution in [1.82, 2.24) is 4.90 Å². The molecule has 4 N–H and O–H groups in total. The number of ether oxygens (including phenoxy) is 1. The molecule has 1 aliphatic rings. The number of carbonyl (C=O) groups excluding carboxylic acids is 1. The lowest BCUT2D eigenvalue weighted by atomic mass is 10.1. The van der Waals surface area contributed by atoms with E-state index in [1.807, 2.05) is 24.0 Å². The Morgan fingerprint density at radius 2 is 2.35 bits per heavy atom. The fraction of sp³-hybridized carbons (Fsp3) is 0.500. The lowest BCUT2D eigenvalue weighted by Gasteiger charge is -2.37. The molecule has 1 aromatic carbocycles. The maximum absolute atomic E-state index is 12.3. The molecule has 1 amide bonds. The summed E-state index contributed by atoms with van der Waals surface area (Å²) in [5.41, 5.74) is 6.96. The Bertz CT molecular complexity index is 467. The Balaban J connectivity index is 2.03. The van der Waals surface area contributed by atoms with Crippen LogP contribution in [0.5, 0.6) is 0 Å². The highest BCUT2D eigenvalue weighted by atomic mass is 16.5. The van der Waals surface area contributed by atoms with Gasteiger partial charge in [-0.15, -0.1) is 0 Å². The summed E-state index contributed by atoms with van der Waals surface area (Å²) in [7, 11) is 0. The number of nitrogens with zero attached hydrogens (tertiary/aromatic N) is 1. The third-order valence-corrected chi connectivity index (χ3v) is 3.58. The Labute approximate surface area is 118 Å². The Hall–Kier alpha value is -1.63. The molecule has 0 bridgehead atoms. The predicted molar refractivity (Wildman–Crippen MR) is 77.3 cm³/mol. The van der Waals surface area contributed by atoms with E-state index in [4.69, 9.17) is 10.5 Å². The maximum Gasteiger partial charge on any atom is 0.241 e. The first kappa shape index (κ1) is 14.8. The van der Waals surface area contributed by atoms with Crippen molar-refractivity contribution in [2.24, 2.45) is 0 Å². The van der Waals surface area contributed by atoms with Gasteiger partial charge in [0.1, 0.15) is 0 Å². The number of nitrogen functional groups attached to an aromatic ring is 1. The zero-order valence-corrected chi connectivity index (χ0v) is 11.6. The molecule has 0 saturated carbocycles. The van der Waals surface area contributed by atoms with Gasteiger partial charge in [0.05, 0.1) is 43.3 Å². The second-order valence-corrected chi connectivity index (χ2v) is 4.90. The van der Waals surface area contributed by atoms with Crippen molar-refractivity contribution >= 4 is 17.3 Å².